The summed E-state index contributed by atoms with van der Waals surface area (Å²) in [5.41, 5.74) is 0. The molecule has 2 N–H and O–H groups in total. The van der Waals surface area contributed by atoms with E-state index in [0.717, 1.165) is 51.4 Å². The van der Waals surface area contributed by atoms with Crippen LogP contribution in [0.3, 0.4) is 0 Å². The quantitative estimate of drug-likeness (QED) is 0.0196. The van der Waals surface area contributed by atoms with Crippen molar-refractivity contribution in [1.29, 1.82) is 0 Å². The molecule has 0 aliphatic heterocycles. The Morgan fingerprint density at radius 2 is 1.15 bits per heavy atom. The fourth-order valence-corrected chi connectivity index (χ4v) is 9.22. The summed E-state index contributed by atoms with van der Waals surface area (Å²) in [6, 6.07) is 0. The van der Waals surface area contributed by atoms with Crippen molar-refractivity contribution in [2.75, 3.05) is 47.5 Å². The highest BCUT2D eigenvalue weighted by molar-refractivity contribution is 7.45. The zero-order valence-electron chi connectivity index (χ0n) is 42.2. The van der Waals surface area contributed by atoms with E-state index in [1.807, 2.05) is 27.2 Å². The molecule has 0 radical (unpaired) electrons. The number of quaternary nitrogens is 1. The first kappa shape index (κ1) is 61.4. The number of Topliss-reactive ketones (excluding diaryl/α,β-unsaturated/α-hetero) is 1. The third-order valence-corrected chi connectivity index (χ3v) is 13.6. The van der Waals surface area contributed by atoms with E-state index in [4.69, 9.17) is 18.5 Å². The van der Waals surface area contributed by atoms with Gasteiger partial charge in [0.25, 0.3) is 7.82 Å². The first-order valence-corrected chi connectivity index (χ1v) is 28.0. The topological polar surface area (TPSA) is 169 Å². The zero-order valence-corrected chi connectivity index (χ0v) is 43.1. The lowest BCUT2D eigenvalue weighted by Gasteiger charge is -2.28. The Morgan fingerprint density at radius 1 is 0.692 bits per heavy atom. The third-order valence-electron chi connectivity index (χ3n) is 12.7. The van der Waals surface area contributed by atoms with Gasteiger partial charge < -0.3 is 38.1 Å². The predicted octanol–water partition coefficient (Wildman–Crippen LogP) is 11.7. The summed E-state index contributed by atoms with van der Waals surface area (Å²) in [4.78, 5) is 50.6. The summed E-state index contributed by atoms with van der Waals surface area (Å²) < 4.78 is 34.0. The van der Waals surface area contributed by atoms with Crippen molar-refractivity contribution < 1.29 is 57.1 Å². The van der Waals surface area contributed by atoms with Gasteiger partial charge in [0.05, 0.1) is 40.0 Å². The van der Waals surface area contributed by atoms with Crippen molar-refractivity contribution in [3.8, 4) is 0 Å². The van der Waals surface area contributed by atoms with Crippen LogP contribution in [0.4, 0.5) is 0 Å². The van der Waals surface area contributed by atoms with Gasteiger partial charge in [-0.25, -0.2) is 0 Å². The molecule has 0 spiro atoms. The van der Waals surface area contributed by atoms with Gasteiger partial charge in [-0.15, -0.1) is 0 Å². The molecule has 0 heterocycles. The van der Waals surface area contributed by atoms with Crippen LogP contribution in [0.5, 0.6) is 0 Å². The van der Waals surface area contributed by atoms with E-state index >= 15 is 0 Å². The van der Waals surface area contributed by atoms with Crippen molar-refractivity contribution in [3.05, 3.63) is 12.2 Å². The molecule has 1 aliphatic carbocycles. The van der Waals surface area contributed by atoms with Gasteiger partial charge in [0.1, 0.15) is 25.5 Å². The minimum Gasteiger partial charge on any atom is -0.756 e. The molecule has 1 saturated carbocycles. The average molecular weight is 944 g/mol. The number of carbonyl (C=O) groups is 3. The highest BCUT2D eigenvalue weighted by Gasteiger charge is 2.39. The number of nitrogens with zero attached hydrogens (tertiary/aromatic N) is 1. The predicted molar refractivity (Wildman–Crippen MR) is 260 cm³/mol. The van der Waals surface area contributed by atoms with Gasteiger partial charge in [0.15, 0.2) is 6.10 Å². The summed E-state index contributed by atoms with van der Waals surface area (Å²) in [5, 5.41) is 20.8. The number of aliphatic hydroxyl groups excluding tert-OH is 2. The Bertz CT molecular complexity index is 1270. The lowest BCUT2D eigenvalue weighted by Crippen LogP contribution is -2.37. The van der Waals surface area contributed by atoms with E-state index in [9.17, 15) is 34.1 Å². The molecule has 1 fully saturated rings. The third kappa shape index (κ3) is 36.1. The SMILES string of the molecule is CCCCCCCCCCCCCCCCCCCCCCCC(=O)OC[C@H](COP(=O)([O-])OCC[N+](C)(C)C)OC(=O)CCCCCC[C@H]1C(=O)C[C@@H](O)[C@@H]1/C=C/[C@@H](O)CCCCC. The summed E-state index contributed by atoms with van der Waals surface area (Å²) >= 11 is 0. The largest absolute Gasteiger partial charge is 0.756 e. The van der Waals surface area contributed by atoms with E-state index in [1.165, 1.54) is 109 Å². The number of likely N-dealkylation sites (N-methyl/N-ethyl adjacent to an activating group) is 1. The van der Waals surface area contributed by atoms with Crippen molar-refractivity contribution in [1.82, 2.24) is 0 Å². The van der Waals surface area contributed by atoms with Crippen LogP contribution >= 0.6 is 7.82 Å². The number of esters is 2. The Labute approximate surface area is 396 Å². The van der Waals surface area contributed by atoms with Crippen LogP contribution in [-0.4, -0.2) is 98.2 Å². The molecule has 12 nitrogen and oxygen atoms in total. The highest BCUT2D eigenvalue weighted by Crippen LogP contribution is 2.38. The lowest BCUT2D eigenvalue weighted by molar-refractivity contribution is -0.870. The summed E-state index contributed by atoms with van der Waals surface area (Å²) in [5.74, 6) is -1.53. The van der Waals surface area contributed by atoms with Crippen molar-refractivity contribution in [3.63, 3.8) is 0 Å². The molecule has 1 aliphatic rings. The van der Waals surface area contributed by atoms with Crippen molar-refractivity contribution in [2.24, 2.45) is 11.8 Å². The standard InChI is InChI=1S/C52H98NO11P/c1-6-8-10-11-12-13-14-15-16-17-18-19-20-21-22-23-24-25-26-27-32-36-51(57)61-43-46(44-63-65(59,60)62-41-40-53(3,4)5)64-52(58)37-33-29-28-31-35-47-48(50(56)42-49(47)55)39-38-45(54)34-30-9-7-2/h38-39,45-48,50,54,56H,6-37,40-44H2,1-5H3/b39-38+/t45-,46+,47+,48+,50+/m0/s1. The molecule has 0 saturated heterocycles. The second-order valence-electron chi connectivity index (χ2n) is 20.0. The van der Waals surface area contributed by atoms with E-state index in [2.05, 4.69) is 13.8 Å². The molecule has 382 valence electrons. The molecular formula is C52H98NO11P. The van der Waals surface area contributed by atoms with Crippen molar-refractivity contribution in [2.45, 2.75) is 244 Å². The summed E-state index contributed by atoms with van der Waals surface area (Å²) in [7, 11) is 1.03. The van der Waals surface area contributed by atoms with Crippen LogP contribution in [0.2, 0.25) is 0 Å². The fraction of sp³-hybridized carbons (Fsp3) is 0.904. The number of carbonyl (C=O) groups excluding carboxylic acids is 3. The number of unbranched alkanes of at least 4 members (excludes halogenated alkanes) is 25. The number of hydrogen-bond acceptors (Lipinski definition) is 11. The van der Waals surface area contributed by atoms with Crippen LogP contribution in [-0.2, 0) is 37.5 Å². The Balaban J connectivity index is 2.34. The minimum absolute atomic E-state index is 0.0439. The zero-order chi connectivity index (χ0) is 48.0. The van der Waals surface area contributed by atoms with E-state index < -0.39 is 44.7 Å². The minimum atomic E-state index is -4.69. The number of phosphoric ester groups is 1. The maximum atomic E-state index is 12.9. The monoisotopic (exact) mass is 944 g/mol. The van der Waals surface area contributed by atoms with Gasteiger partial charge in [-0.05, 0) is 25.7 Å². The molecule has 6 atom stereocenters. The van der Waals surface area contributed by atoms with Crippen LogP contribution in [0, 0.1) is 11.8 Å². The molecule has 0 bridgehead atoms. The summed E-state index contributed by atoms with van der Waals surface area (Å²) in [6.07, 6.45) is 35.7. The first-order chi connectivity index (χ1) is 31.2. The van der Waals surface area contributed by atoms with Gasteiger partial charge in [-0.3, -0.25) is 18.9 Å². The Morgan fingerprint density at radius 3 is 1.66 bits per heavy atom. The normalized spacial score (nSPS) is 18.6. The van der Waals surface area contributed by atoms with Crippen LogP contribution in [0.25, 0.3) is 0 Å². The fourth-order valence-electron chi connectivity index (χ4n) is 8.49. The van der Waals surface area contributed by atoms with Gasteiger partial charge in [0, 0.05) is 31.1 Å². The number of rotatable bonds is 45. The van der Waals surface area contributed by atoms with Gasteiger partial charge in [0.2, 0.25) is 0 Å². The highest BCUT2D eigenvalue weighted by atomic mass is 31.2. The molecule has 65 heavy (non-hydrogen) atoms. The van der Waals surface area contributed by atoms with Crippen LogP contribution in [0.15, 0.2) is 12.2 Å². The smallest absolute Gasteiger partial charge is 0.306 e. The van der Waals surface area contributed by atoms with Gasteiger partial charge in [-0.1, -0.05) is 193 Å². The number of phosphoric acid groups is 1. The number of ether oxygens (including phenoxy) is 2. The molecule has 0 aromatic carbocycles. The second kappa shape index (κ2) is 39.2. The average Bonchev–Trinajstić information content (AvgIpc) is 3.52. The Kier molecular flexibility index (Phi) is 37.0. The molecule has 13 heteroatoms. The van der Waals surface area contributed by atoms with E-state index in [-0.39, 0.29) is 50.1 Å². The maximum Gasteiger partial charge on any atom is 0.306 e. The molecular weight excluding hydrogens is 846 g/mol. The number of ketones is 1. The maximum absolute atomic E-state index is 12.9. The van der Waals surface area contributed by atoms with Crippen LogP contribution < -0.4 is 4.89 Å². The Hall–Kier alpha value is -1.66. The lowest BCUT2D eigenvalue weighted by atomic mass is 9.88. The number of hydrogen-bond donors (Lipinski definition) is 2. The summed E-state index contributed by atoms with van der Waals surface area (Å²) in [6.45, 7) is 3.89. The van der Waals surface area contributed by atoms with E-state index in [0.29, 0.717) is 43.1 Å². The second-order valence-corrected chi connectivity index (χ2v) is 21.4. The van der Waals surface area contributed by atoms with Gasteiger partial charge in [-0.2, -0.15) is 0 Å². The molecule has 0 amide bonds. The van der Waals surface area contributed by atoms with E-state index in [1.54, 1.807) is 6.08 Å². The molecule has 0 aromatic rings. The molecule has 0 aromatic heterocycles. The molecule has 1 rings (SSSR count). The van der Waals surface area contributed by atoms with Gasteiger partial charge >= 0.3 is 11.9 Å². The van der Waals surface area contributed by atoms with Crippen molar-refractivity contribution >= 4 is 25.5 Å². The number of aliphatic hydroxyl groups is 2. The first-order valence-electron chi connectivity index (χ1n) is 26.5. The molecule has 1 unspecified atom stereocenters. The van der Waals surface area contributed by atoms with Crippen LogP contribution in [0.1, 0.15) is 226 Å².